The Morgan fingerprint density at radius 2 is 1.95 bits per heavy atom. The second-order valence-electron chi connectivity index (χ2n) is 6.49. The molecule has 0 aliphatic heterocycles. The standard InChI is InChI=1S/C17H28N2O/c1-14(2)10-11-19(16-8-9-16)13-17(20,12-18)15-6-4-3-5-7-15/h3-7,14,16,20H,8-13,18H2,1-2H3. The minimum Gasteiger partial charge on any atom is -0.382 e. The SMILES string of the molecule is CC(C)CCN(CC(O)(CN)c1ccccc1)C1CC1. The molecular formula is C17H28N2O. The van der Waals surface area contributed by atoms with E-state index in [9.17, 15) is 5.11 Å². The molecule has 0 amide bonds. The highest BCUT2D eigenvalue weighted by Crippen LogP contribution is 2.31. The van der Waals surface area contributed by atoms with Gasteiger partial charge in [-0.3, -0.25) is 4.90 Å². The van der Waals surface area contributed by atoms with Crippen molar-refractivity contribution < 1.29 is 5.11 Å². The van der Waals surface area contributed by atoms with Gasteiger partial charge in [-0.05, 0) is 37.3 Å². The summed E-state index contributed by atoms with van der Waals surface area (Å²) in [6.07, 6.45) is 3.69. The van der Waals surface area contributed by atoms with Crippen LogP contribution in [0.4, 0.5) is 0 Å². The van der Waals surface area contributed by atoms with Crippen molar-refractivity contribution in [3.8, 4) is 0 Å². The number of aliphatic hydroxyl groups is 1. The monoisotopic (exact) mass is 276 g/mol. The number of nitrogens with zero attached hydrogens (tertiary/aromatic N) is 1. The number of hydrogen-bond donors (Lipinski definition) is 2. The van der Waals surface area contributed by atoms with E-state index in [0.717, 1.165) is 12.1 Å². The molecule has 1 aliphatic rings. The lowest BCUT2D eigenvalue weighted by molar-refractivity contribution is 0.00303. The smallest absolute Gasteiger partial charge is 0.114 e. The van der Waals surface area contributed by atoms with Gasteiger partial charge in [-0.15, -0.1) is 0 Å². The molecule has 3 nitrogen and oxygen atoms in total. The van der Waals surface area contributed by atoms with Crippen LogP contribution in [0.25, 0.3) is 0 Å². The molecule has 112 valence electrons. The third-order valence-electron chi connectivity index (χ3n) is 4.17. The first-order valence-corrected chi connectivity index (χ1v) is 7.77. The highest BCUT2D eigenvalue weighted by molar-refractivity contribution is 5.23. The zero-order valence-electron chi connectivity index (χ0n) is 12.8. The highest BCUT2D eigenvalue weighted by atomic mass is 16.3. The molecule has 0 aromatic heterocycles. The van der Waals surface area contributed by atoms with E-state index in [1.807, 2.05) is 30.3 Å². The van der Waals surface area contributed by atoms with Crippen LogP contribution in [-0.4, -0.2) is 35.7 Å². The number of hydrogen-bond acceptors (Lipinski definition) is 3. The molecule has 0 bridgehead atoms. The summed E-state index contributed by atoms with van der Waals surface area (Å²) in [6.45, 7) is 6.46. The molecule has 0 radical (unpaired) electrons. The van der Waals surface area contributed by atoms with E-state index < -0.39 is 5.60 Å². The fraction of sp³-hybridized carbons (Fsp3) is 0.647. The summed E-state index contributed by atoms with van der Waals surface area (Å²) in [6, 6.07) is 10.5. The van der Waals surface area contributed by atoms with E-state index >= 15 is 0 Å². The van der Waals surface area contributed by atoms with Gasteiger partial charge in [0.15, 0.2) is 0 Å². The first-order valence-electron chi connectivity index (χ1n) is 7.77. The fourth-order valence-corrected chi connectivity index (χ4v) is 2.61. The van der Waals surface area contributed by atoms with Crippen LogP contribution in [0.3, 0.4) is 0 Å². The van der Waals surface area contributed by atoms with Crippen LogP contribution in [-0.2, 0) is 5.60 Å². The molecule has 0 saturated heterocycles. The highest BCUT2D eigenvalue weighted by Gasteiger charge is 2.36. The number of rotatable bonds is 8. The number of benzene rings is 1. The first kappa shape index (κ1) is 15.5. The van der Waals surface area contributed by atoms with E-state index in [1.165, 1.54) is 19.3 Å². The molecule has 20 heavy (non-hydrogen) atoms. The maximum absolute atomic E-state index is 10.9. The van der Waals surface area contributed by atoms with E-state index in [1.54, 1.807) is 0 Å². The molecule has 0 heterocycles. The molecule has 1 unspecified atom stereocenters. The second kappa shape index (κ2) is 6.70. The van der Waals surface area contributed by atoms with E-state index in [0.29, 0.717) is 18.5 Å². The van der Waals surface area contributed by atoms with Crippen molar-refractivity contribution in [3.63, 3.8) is 0 Å². The molecule has 0 spiro atoms. The van der Waals surface area contributed by atoms with Crippen LogP contribution in [0.1, 0.15) is 38.7 Å². The Morgan fingerprint density at radius 1 is 1.30 bits per heavy atom. The van der Waals surface area contributed by atoms with Gasteiger partial charge in [0.2, 0.25) is 0 Å². The van der Waals surface area contributed by atoms with Crippen LogP contribution in [0.2, 0.25) is 0 Å². The van der Waals surface area contributed by atoms with Crippen molar-refractivity contribution in [1.82, 2.24) is 4.90 Å². The Labute approximate surface area is 122 Å². The van der Waals surface area contributed by atoms with E-state index in [4.69, 9.17) is 5.73 Å². The summed E-state index contributed by atoms with van der Waals surface area (Å²) in [7, 11) is 0. The van der Waals surface area contributed by atoms with Crippen LogP contribution in [0, 0.1) is 5.92 Å². The third kappa shape index (κ3) is 4.05. The van der Waals surface area contributed by atoms with Crippen molar-refractivity contribution in [2.45, 2.75) is 44.8 Å². The molecule has 1 aromatic rings. The zero-order chi connectivity index (χ0) is 14.6. The van der Waals surface area contributed by atoms with Crippen LogP contribution < -0.4 is 5.73 Å². The van der Waals surface area contributed by atoms with Gasteiger partial charge in [-0.25, -0.2) is 0 Å². The number of nitrogens with two attached hydrogens (primary N) is 1. The maximum Gasteiger partial charge on any atom is 0.114 e. The predicted octanol–water partition coefficient (Wildman–Crippen LogP) is 2.34. The molecule has 1 atom stereocenters. The maximum atomic E-state index is 10.9. The molecule has 3 heteroatoms. The van der Waals surface area contributed by atoms with E-state index in [-0.39, 0.29) is 6.54 Å². The Bertz CT molecular complexity index is 403. The van der Waals surface area contributed by atoms with E-state index in [2.05, 4.69) is 18.7 Å². The van der Waals surface area contributed by atoms with Gasteiger partial charge in [0.05, 0.1) is 0 Å². The Balaban J connectivity index is 2.06. The summed E-state index contributed by atoms with van der Waals surface area (Å²) in [5, 5.41) is 10.9. The molecule has 2 rings (SSSR count). The van der Waals surface area contributed by atoms with Crippen LogP contribution in [0.15, 0.2) is 30.3 Å². The summed E-state index contributed by atoms with van der Waals surface area (Å²) < 4.78 is 0. The van der Waals surface area contributed by atoms with Gasteiger partial charge in [0, 0.05) is 19.1 Å². The topological polar surface area (TPSA) is 49.5 Å². The van der Waals surface area contributed by atoms with Gasteiger partial charge in [0.25, 0.3) is 0 Å². The van der Waals surface area contributed by atoms with Crippen molar-refractivity contribution in [2.75, 3.05) is 19.6 Å². The zero-order valence-corrected chi connectivity index (χ0v) is 12.8. The quantitative estimate of drug-likeness (QED) is 0.766. The minimum absolute atomic E-state index is 0.266. The lowest BCUT2D eigenvalue weighted by atomic mass is 9.93. The summed E-state index contributed by atoms with van der Waals surface area (Å²) in [4.78, 5) is 2.43. The second-order valence-corrected chi connectivity index (χ2v) is 6.49. The molecule has 1 aliphatic carbocycles. The van der Waals surface area contributed by atoms with Gasteiger partial charge in [-0.1, -0.05) is 44.2 Å². The average molecular weight is 276 g/mol. The fourth-order valence-electron chi connectivity index (χ4n) is 2.61. The summed E-state index contributed by atoms with van der Waals surface area (Å²) >= 11 is 0. The van der Waals surface area contributed by atoms with Gasteiger partial charge in [0.1, 0.15) is 5.60 Å². The molecule has 1 fully saturated rings. The summed E-state index contributed by atoms with van der Waals surface area (Å²) in [5.41, 5.74) is 5.89. The van der Waals surface area contributed by atoms with Gasteiger partial charge in [-0.2, -0.15) is 0 Å². The Hall–Kier alpha value is -0.900. The van der Waals surface area contributed by atoms with Gasteiger partial charge >= 0.3 is 0 Å². The Morgan fingerprint density at radius 3 is 2.45 bits per heavy atom. The normalized spacial score (nSPS) is 18.5. The van der Waals surface area contributed by atoms with Gasteiger partial charge < -0.3 is 10.8 Å². The average Bonchev–Trinajstić information content (AvgIpc) is 3.28. The summed E-state index contributed by atoms with van der Waals surface area (Å²) in [5.74, 6) is 0.693. The van der Waals surface area contributed by atoms with Crippen molar-refractivity contribution in [1.29, 1.82) is 0 Å². The Kier molecular flexibility index (Phi) is 5.19. The lowest BCUT2D eigenvalue weighted by Crippen LogP contribution is -2.47. The van der Waals surface area contributed by atoms with Crippen LogP contribution >= 0.6 is 0 Å². The van der Waals surface area contributed by atoms with Crippen molar-refractivity contribution in [2.24, 2.45) is 11.7 Å². The lowest BCUT2D eigenvalue weighted by Gasteiger charge is -2.34. The molecule has 3 N–H and O–H groups in total. The minimum atomic E-state index is -0.930. The predicted molar refractivity (Wildman–Crippen MR) is 83.4 cm³/mol. The largest absolute Gasteiger partial charge is 0.382 e. The van der Waals surface area contributed by atoms with Crippen molar-refractivity contribution in [3.05, 3.63) is 35.9 Å². The third-order valence-corrected chi connectivity index (χ3v) is 4.17. The molecular weight excluding hydrogens is 248 g/mol. The molecule has 1 saturated carbocycles. The van der Waals surface area contributed by atoms with Crippen LogP contribution in [0.5, 0.6) is 0 Å². The molecule has 1 aromatic carbocycles. The first-order chi connectivity index (χ1) is 9.55. The van der Waals surface area contributed by atoms with Crippen molar-refractivity contribution >= 4 is 0 Å².